The van der Waals surface area contributed by atoms with Gasteiger partial charge in [-0.2, -0.15) is 0 Å². The van der Waals surface area contributed by atoms with Crippen LogP contribution in [0, 0.1) is 30.6 Å². The molecule has 1 aromatic carbocycles. The average molecular weight is 553 g/mol. The van der Waals surface area contributed by atoms with Crippen molar-refractivity contribution in [1.29, 1.82) is 0 Å². The fraction of sp³-hybridized carbons (Fsp3) is 0.500. The summed E-state index contributed by atoms with van der Waals surface area (Å²) in [6, 6.07) is 3.34. The molecule has 166 valence electrons. The van der Waals surface area contributed by atoms with Gasteiger partial charge < -0.3 is 10.1 Å². The molecular formula is C20H18BrCl3N2O5. The first kappa shape index (κ1) is 22.8. The van der Waals surface area contributed by atoms with Crippen LogP contribution in [0.2, 0.25) is 5.02 Å². The highest BCUT2D eigenvalue weighted by Crippen LogP contribution is 2.59. The minimum Gasteiger partial charge on any atom is -0.454 e. The smallest absolute Gasteiger partial charge is 0.326 e. The van der Waals surface area contributed by atoms with Gasteiger partial charge in [-0.1, -0.05) is 11.6 Å². The molecule has 7 nitrogen and oxygen atoms in total. The summed E-state index contributed by atoms with van der Waals surface area (Å²) >= 11 is 22.0. The highest BCUT2D eigenvalue weighted by Gasteiger charge is 2.66. The molecule has 0 aromatic heterocycles. The number of imide groups is 1. The second-order valence-electron chi connectivity index (χ2n) is 8.01. The molecule has 1 aromatic rings. The molecule has 3 amide bonds. The third-order valence-corrected chi connectivity index (χ3v) is 9.04. The Balaban J connectivity index is 1.33. The van der Waals surface area contributed by atoms with Gasteiger partial charge in [0.05, 0.1) is 27.6 Å². The molecule has 1 heterocycles. The summed E-state index contributed by atoms with van der Waals surface area (Å²) in [6.07, 6.45) is 0.646. The van der Waals surface area contributed by atoms with Crippen LogP contribution in [0.25, 0.3) is 0 Å². The number of esters is 1. The summed E-state index contributed by atoms with van der Waals surface area (Å²) < 4.78 is 5.66. The number of nitrogens with one attached hydrogen (secondary N) is 1. The maximum absolute atomic E-state index is 12.8. The van der Waals surface area contributed by atoms with Gasteiger partial charge in [0.2, 0.25) is 11.8 Å². The van der Waals surface area contributed by atoms with Crippen LogP contribution >= 0.6 is 50.7 Å². The lowest BCUT2D eigenvalue weighted by Gasteiger charge is -2.28. The molecule has 2 aliphatic carbocycles. The molecule has 11 heteroatoms. The van der Waals surface area contributed by atoms with Crippen molar-refractivity contribution in [3.05, 3.63) is 27.2 Å². The first-order chi connectivity index (χ1) is 14.6. The minimum absolute atomic E-state index is 0.164. The van der Waals surface area contributed by atoms with Crippen molar-refractivity contribution in [3.8, 4) is 0 Å². The molecular weight excluding hydrogens is 534 g/mol. The summed E-state index contributed by atoms with van der Waals surface area (Å²) in [5.74, 6) is -3.64. The SMILES string of the molecule is Cc1c(NC(=O)COC(=O)CN2C(=O)[C@@H]3[C@H]4C[C@@H]([C@H](Cl)[C@H]4Cl)[C@H]3C2=O)ccc(Br)c1Cl. The van der Waals surface area contributed by atoms with E-state index in [1.165, 1.54) is 0 Å². The Morgan fingerprint density at radius 2 is 1.74 bits per heavy atom. The van der Waals surface area contributed by atoms with Crippen molar-refractivity contribution >= 4 is 80.1 Å². The Kier molecular flexibility index (Phi) is 6.29. The van der Waals surface area contributed by atoms with Crippen LogP contribution in [0.4, 0.5) is 5.69 Å². The molecule has 0 unspecified atom stereocenters. The summed E-state index contributed by atoms with van der Waals surface area (Å²) in [4.78, 5) is 50.8. The highest BCUT2D eigenvalue weighted by atomic mass is 79.9. The summed E-state index contributed by atoms with van der Waals surface area (Å²) in [5.41, 5.74) is 1.13. The maximum Gasteiger partial charge on any atom is 0.326 e. The zero-order valence-electron chi connectivity index (χ0n) is 16.2. The van der Waals surface area contributed by atoms with Crippen LogP contribution in [-0.2, 0) is 23.9 Å². The Morgan fingerprint density at radius 3 is 2.32 bits per heavy atom. The predicted molar refractivity (Wildman–Crippen MR) is 118 cm³/mol. The van der Waals surface area contributed by atoms with Gasteiger partial charge >= 0.3 is 5.97 Å². The monoisotopic (exact) mass is 550 g/mol. The lowest BCUT2D eigenvalue weighted by Crippen LogP contribution is -2.38. The molecule has 4 rings (SSSR count). The topological polar surface area (TPSA) is 92.8 Å². The first-order valence-electron chi connectivity index (χ1n) is 9.65. The number of hydrogen-bond donors (Lipinski definition) is 1. The molecule has 6 atom stereocenters. The number of halogens is 4. The number of amides is 3. The number of likely N-dealkylation sites (tertiary alicyclic amines) is 1. The van der Waals surface area contributed by atoms with E-state index in [9.17, 15) is 19.2 Å². The number of ether oxygens (including phenoxy) is 1. The van der Waals surface area contributed by atoms with E-state index in [4.69, 9.17) is 39.5 Å². The number of nitrogens with zero attached hydrogens (tertiary/aromatic N) is 1. The van der Waals surface area contributed by atoms with Crippen LogP contribution in [0.1, 0.15) is 12.0 Å². The quantitative estimate of drug-likeness (QED) is 0.344. The van der Waals surface area contributed by atoms with Gasteiger partial charge in [0.1, 0.15) is 6.54 Å². The fourth-order valence-electron chi connectivity index (χ4n) is 4.86. The number of alkyl halides is 2. The van der Waals surface area contributed by atoms with Crippen LogP contribution < -0.4 is 5.32 Å². The van der Waals surface area contributed by atoms with Crippen molar-refractivity contribution in [2.45, 2.75) is 24.1 Å². The largest absolute Gasteiger partial charge is 0.454 e. The molecule has 1 saturated heterocycles. The molecule has 3 aliphatic rings. The van der Waals surface area contributed by atoms with Gasteiger partial charge in [0.25, 0.3) is 5.91 Å². The molecule has 2 bridgehead atoms. The van der Waals surface area contributed by atoms with Crippen LogP contribution in [0.15, 0.2) is 16.6 Å². The first-order valence-corrected chi connectivity index (χ1v) is 11.7. The third-order valence-electron chi connectivity index (χ3n) is 6.34. The number of anilines is 1. The summed E-state index contributed by atoms with van der Waals surface area (Å²) in [7, 11) is 0. The number of rotatable bonds is 5. The number of carbonyl (C=O) groups excluding carboxylic acids is 4. The standard InChI is InChI=1S/C20H18BrCl3N2O5/c1-7-11(3-2-10(21)16(7)22)25-12(27)6-31-13(28)5-26-19(29)14-8-4-9(15(14)20(26)30)18(24)17(8)23/h2-3,8-9,14-15,17-18H,4-6H2,1H3,(H,25,27)/t8-,9-,14-,15-,17+,18+/m1/s1. The molecule has 31 heavy (non-hydrogen) atoms. The lowest BCUT2D eigenvalue weighted by molar-refractivity contribution is -0.154. The Morgan fingerprint density at radius 1 is 1.16 bits per heavy atom. The lowest BCUT2D eigenvalue weighted by atomic mass is 9.80. The Bertz CT molecular complexity index is 958. The van der Waals surface area contributed by atoms with Gasteiger partial charge in [-0.25, -0.2) is 0 Å². The molecule has 0 radical (unpaired) electrons. The Hall–Kier alpha value is -1.35. The molecule has 1 N–H and O–H groups in total. The van der Waals surface area contributed by atoms with E-state index >= 15 is 0 Å². The second kappa shape index (κ2) is 8.54. The molecule has 3 fully saturated rings. The van der Waals surface area contributed by atoms with Gasteiger partial charge in [0, 0.05) is 10.2 Å². The van der Waals surface area contributed by atoms with Crippen molar-refractivity contribution in [3.63, 3.8) is 0 Å². The van der Waals surface area contributed by atoms with E-state index in [0.29, 0.717) is 27.2 Å². The average Bonchev–Trinajstić information content (AvgIpc) is 3.33. The van der Waals surface area contributed by atoms with Gasteiger partial charge in [0.15, 0.2) is 6.61 Å². The second-order valence-corrected chi connectivity index (χ2v) is 10.2. The number of benzene rings is 1. The summed E-state index contributed by atoms with van der Waals surface area (Å²) in [5, 5.41) is 2.34. The van der Waals surface area contributed by atoms with Crippen LogP contribution in [0.5, 0.6) is 0 Å². The van der Waals surface area contributed by atoms with E-state index in [0.717, 1.165) is 4.90 Å². The third kappa shape index (κ3) is 3.86. The highest BCUT2D eigenvalue weighted by molar-refractivity contribution is 9.10. The minimum atomic E-state index is -0.848. The fourth-order valence-corrected chi connectivity index (χ4v) is 6.35. The summed E-state index contributed by atoms with van der Waals surface area (Å²) in [6.45, 7) is 0.633. The number of carbonyl (C=O) groups is 4. The van der Waals surface area contributed by atoms with E-state index in [1.807, 2.05) is 0 Å². The van der Waals surface area contributed by atoms with Gasteiger partial charge in [-0.05, 0) is 58.8 Å². The normalized spacial score (nSPS) is 31.2. The van der Waals surface area contributed by atoms with E-state index in [2.05, 4.69) is 21.2 Å². The Labute approximate surface area is 201 Å². The van der Waals surface area contributed by atoms with Gasteiger partial charge in [-0.3, -0.25) is 24.1 Å². The molecule has 2 saturated carbocycles. The van der Waals surface area contributed by atoms with Crippen molar-refractivity contribution in [2.24, 2.45) is 23.7 Å². The van der Waals surface area contributed by atoms with Crippen molar-refractivity contribution in [1.82, 2.24) is 4.90 Å². The van der Waals surface area contributed by atoms with Crippen molar-refractivity contribution in [2.75, 3.05) is 18.5 Å². The van der Waals surface area contributed by atoms with Crippen LogP contribution in [0.3, 0.4) is 0 Å². The molecule has 1 aliphatic heterocycles. The molecule has 0 spiro atoms. The zero-order chi connectivity index (χ0) is 22.6. The number of hydrogen-bond acceptors (Lipinski definition) is 5. The van der Waals surface area contributed by atoms with E-state index in [1.54, 1.807) is 19.1 Å². The predicted octanol–water partition coefficient (Wildman–Crippen LogP) is 3.36. The van der Waals surface area contributed by atoms with Crippen molar-refractivity contribution < 1.29 is 23.9 Å². The van der Waals surface area contributed by atoms with E-state index in [-0.39, 0.29) is 22.6 Å². The number of fused-ring (bicyclic) bond motifs is 5. The zero-order valence-corrected chi connectivity index (χ0v) is 20.1. The van der Waals surface area contributed by atoms with Crippen LogP contribution in [-0.4, -0.2) is 52.5 Å². The van der Waals surface area contributed by atoms with E-state index < -0.39 is 48.7 Å². The van der Waals surface area contributed by atoms with Gasteiger partial charge in [-0.15, -0.1) is 23.2 Å². The maximum atomic E-state index is 12.8.